The van der Waals surface area contributed by atoms with E-state index in [9.17, 15) is 9.90 Å². The summed E-state index contributed by atoms with van der Waals surface area (Å²) in [7, 11) is 0. The Morgan fingerprint density at radius 2 is 1.88 bits per heavy atom. The number of benzene rings is 2. The Morgan fingerprint density at radius 1 is 1.16 bits per heavy atom. The fraction of sp³-hybridized carbons (Fsp3) is 0.300. The minimum absolute atomic E-state index is 0.0466. The van der Waals surface area contributed by atoms with E-state index >= 15 is 0 Å². The van der Waals surface area contributed by atoms with Gasteiger partial charge in [0.25, 0.3) is 0 Å². The summed E-state index contributed by atoms with van der Waals surface area (Å²) >= 11 is 0. The lowest BCUT2D eigenvalue weighted by atomic mass is 9.92. The fourth-order valence-corrected chi connectivity index (χ4v) is 2.94. The highest BCUT2D eigenvalue weighted by Gasteiger charge is 2.26. The van der Waals surface area contributed by atoms with E-state index in [0.29, 0.717) is 6.54 Å². The number of carbonyl (C=O) groups excluding carboxylic acids is 1. The lowest BCUT2D eigenvalue weighted by molar-refractivity contribution is -0.125. The van der Waals surface area contributed by atoms with Crippen molar-refractivity contribution in [2.24, 2.45) is 0 Å². The molecule has 1 amide bonds. The van der Waals surface area contributed by atoms with Gasteiger partial charge in [-0.1, -0.05) is 42.5 Å². The Labute approximate surface area is 147 Å². The van der Waals surface area contributed by atoms with Crippen LogP contribution in [0.4, 0.5) is 0 Å². The Bertz CT molecular complexity index is 840. The first-order chi connectivity index (χ1) is 12.1. The molecular weight excluding hydrogens is 314 g/mol. The number of hydrogen-bond donors (Lipinski definition) is 2. The summed E-state index contributed by atoms with van der Waals surface area (Å²) in [6.07, 6.45) is 2.68. The normalized spacial score (nSPS) is 13.5. The first kappa shape index (κ1) is 17.2. The number of hydrogen-bond acceptors (Lipinski definition) is 3. The van der Waals surface area contributed by atoms with Crippen LogP contribution in [0.5, 0.6) is 0 Å². The summed E-state index contributed by atoms with van der Waals surface area (Å²) in [6, 6.07) is 17.3. The molecule has 0 spiro atoms. The zero-order chi connectivity index (χ0) is 17.7. The summed E-state index contributed by atoms with van der Waals surface area (Å²) in [5.41, 5.74) is 1.66. The molecule has 5 heteroatoms. The maximum absolute atomic E-state index is 12.1. The third-order valence-corrected chi connectivity index (χ3v) is 4.33. The summed E-state index contributed by atoms with van der Waals surface area (Å²) < 4.78 is 2.08. The molecular formula is C20H23N3O2. The third-order valence-electron chi connectivity index (χ3n) is 4.33. The number of aromatic nitrogens is 2. The number of nitrogens with zero attached hydrogens (tertiary/aromatic N) is 2. The number of para-hydroxylation sites is 2. The van der Waals surface area contributed by atoms with Crippen LogP contribution >= 0.6 is 0 Å². The van der Waals surface area contributed by atoms with Crippen molar-refractivity contribution in [3.05, 3.63) is 66.5 Å². The second-order valence-electron chi connectivity index (χ2n) is 6.45. The summed E-state index contributed by atoms with van der Waals surface area (Å²) in [5, 5.41) is 13.4. The Balaban J connectivity index is 1.47. The number of amides is 1. The van der Waals surface area contributed by atoms with Crippen molar-refractivity contribution in [2.45, 2.75) is 31.9 Å². The van der Waals surface area contributed by atoms with Crippen LogP contribution in [0, 0.1) is 0 Å². The lowest BCUT2D eigenvalue weighted by Gasteiger charge is -2.23. The first-order valence-corrected chi connectivity index (χ1v) is 8.51. The molecule has 0 radical (unpaired) electrons. The fourth-order valence-electron chi connectivity index (χ4n) is 2.94. The summed E-state index contributed by atoms with van der Waals surface area (Å²) in [6.45, 7) is 3.02. The van der Waals surface area contributed by atoms with Crippen molar-refractivity contribution in [1.82, 2.24) is 14.9 Å². The van der Waals surface area contributed by atoms with Crippen molar-refractivity contribution < 1.29 is 9.90 Å². The van der Waals surface area contributed by atoms with Crippen molar-refractivity contribution in [2.75, 3.05) is 6.54 Å². The van der Waals surface area contributed by atoms with Gasteiger partial charge in [0.2, 0.25) is 5.91 Å². The molecule has 1 unspecified atom stereocenters. The molecule has 2 aromatic carbocycles. The minimum Gasteiger partial charge on any atom is -0.385 e. The molecule has 130 valence electrons. The van der Waals surface area contributed by atoms with Gasteiger partial charge >= 0.3 is 0 Å². The van der Waals surface area contributed by atoms with Crippen LogP contribution in [0.1, 0.15) is 25.3 Å². The third kappa shape index (κ3) is 4.25. The van der Waals surface area contributed by atoms with E-state index in [1.54, 1.807) is 6.92 Å². The average Bonchev–Trinajstić information content (AvgIpc) is 3.02. The lowest BCUT2D eigenvalue weighted by Crippen LogP contribution is -2.33. The van der Waals surface area contributed by atoms with Gasteiger partial charge in [-0.05, 0) is 31.0 Å². The van der Waals surface area contributed by atoms with Crippen LogP contribution < -0.4 is 5.32 Å². The first-order valence-electron chi connectivity index (χ1n) is 8.51. The molecule has 0 saturated heterocycles. The van der Waals surface area contributed by atoms with Gasteiger partial charge in [-0.15, -0.1) is 0 Å². The smallest absolute Gasteiger partial charge is 0.223 e. The number of fused-ring (bicyclic) bond motifs is 1. The molecule has 0 fully saturated rings. The highest BCUT2D eigenvalue weighted by atomic mass is 16.3. The van der Waals surface area contributed by atoms with E-state index in [4.69, 9.17) is 0 Å². The molecule has 5 nitrogen and oxygen atoms in total. The number of nitrogens with one attached hydrogen (secondary N) is 1. The number of aryl methyl sites for hydroxylation is 1. The van der Waals surface area contributed by atoms with Crippen LogP contribution in [-0.4, -0.2) is 27.1 Å². The van der Waals surface area contributed by atoms with Gasteiger partial charge < -0.3 is 15.0 Å². The zero-order valence-corrected chi connectivity index (χ0v) is 14.4. The van der Waals surface area contributed by atoms with Crippen LogP contribution in [0.2, 0.25) is 0 Å². The predicted octanol–water partition coefficient (Wildman–Crippen LogP) is 2.84. The molecule has 0 saturated carbocycles. The maximum Gasteiger partial charge on any atom is 0.223 e. The van der Waals surface area contributed by atoms with Gasteiger partial charge in [0.05, 0.1) is 29.4 Å². The Morgan fingerprint density at radius 3 is 2.68 bits per heavy atom. The minimum atomic E-state index is -1.16. The van der Waals surface area contributed by atoms with Crippen LogP contribution in [-0.2, 0) is 16.9 Å². The molecule has 25 heavy (non-hydrogen) atoms. The standard InChI is InChI=1S/C20H23N3O2/c1-20(25,16-8-3-2-4-9-16)14-19(24)21-12-7-13-23-15-22-17-10-5-6-11-18(17)23/h2-6,8-11,15,25H,7,12-14H2,1H3,(H,21,24). The van der Waals surface area contributed by atoms with E-state index in [1.807, 2.05) is 60.9 Å². The van der Waals surface area contributed by atoms with Crippen LogP contribution in [0.3, 0.4) is 0 Å². The Kier molecular flexibility index (Phi) is 5.14. The van der Waals surface area contributed by atoms with E-state index in [-0.39, 0.29) is 12.3 Å². The number of carbonyl (C=O) groups is 1. The van der Waals surface area contributed by atoms with Crippen molar-refractivity contribution >= 4 is 16.9 Å². The monoisotopic (exact) mass is 337 g/mol. The second kappa shape index (κ2) is 7.49. The highest BCUT2D eigenvalue weighted by Crippen LogP contribution is 2.23. The van der Waals surface area contributed by atoms with E-state index < -0.39 is 5.60 Å². The summed E-state index contributed by atoms with van der Waals surface area (Å²) in [5.74, 6) is -0.149. The van der Waals surface area contributed by atoms with Crippen molar-refractivity contribution in [3.8, 4) is 0 Å². The molecule has 0 aliphatic heterocycles. The van der Waals surface area contributed by atoms with E-state index in [0.717, 1.165) is 29.6 Å². The molecule has 0 aliphatic rings. The van der Waals surface area contributed by atoms with Gasteiger partial charge in [0, 0.05) is 13.1 Å². The molecule has 1 heterocycles. The largest absolute Gasteiger partial charge is 0.385 e. The predicted molar refractivity (Wildman–Crippen MR) is 98.0 cm³/mol. The van der Waals surface area contributed by atoms with Crippen LogP contribution in [0.15, 0.2) is 60.9 Å². The molecule has 2 N–H and O–H groups in total. The molecule has 1 aromatic heterocycles. The molecule has 0 bridgehead atoms. The quantitative estimate of drug-likeness (QED) is 0.652. The van der Waals surface area contributed by atoms with E-state index in [1.165, 1.54) is 0 Å². The second-order valence-corrected chi connectivity index (χ2v) is 6.45. The van der Waals surface area contributed by atoms with Gasteiger partial charge in [0.1, 0.15) is 0 Å². The maximum atomic E-state index is 12.1. The summed E-state index contributed by atoms with van der Waals surface area (Å²) in [4.78, 5) is 16.5. The van der Waals surface area contributed by atoms with Gasteiger partial charge in [-0.25, -0.2) is 4.98 Å². The number of rotatable bonds is 7. The van der Waals surface area contributed by atoms with E-state index in [2.05, 4.69) is 14.9 Å². The molecule has 0 aliphatic carbocycles. The van der Waals surface area contributed by atoms with Crippen molar-refractivity contribution in [3.63, 3.8) is 0 Å². The number of imidazole rings is 1. The van der Waals surface area contributed by atoms with Gasteiger partial charge in [-0.3, -0.25) is 4.79 Å². The zero-order valence-electron chi connectivity index (χ0n) is 14.4. The molecule has 1 atom stereocenters. The van der Waals surface area contributed by atoms with Gasteiger partial charge in [-0.2, -0.15) is 0 Å². The highest BCUT2D eigenvalue weighted by molar-refractivity contribution is 5.77. The Hall–Kier alpha value is -2.66. The van der Waals surface area contributed by atoms with Gasteiger partial charge in [0.15, 0.2) is 0 Å². The van der Waals surface area contributed by atoms with Crippen molar-refractivity contribution in [1.29, 1.82) is 0 Å². The van der Waals surface area contributed by atoms with Crippen LogP contribution in [0.25, 0.3) is 11.0 Å². The topological polar surface area (TPSA) is 67.2 Å². The molecule has 3 aromatic rings. The molecule has 3 rings (SSSR count). The SMILES string of the molecule is CC(O)(CC(=O)NCCCn1cnc2ccccc21)c1ccccc1. The average molecular weight is 337 g/mol. The number of aliphatic hydroxyl groups is 1.